The Bertz CT molecular complexity index is 451. The summed E-state index contributed by atoms with van der Waals surface area (Å²) in [5, 5.41) is 3.70. The molecule has 0 radical (unpaired) electrons. The van der Waals surface area contributed by atoms with Gasteiger partial charge in [0.25, 0.3) is 0 Å². The first-order valence-electron chi connectivity index (χ1n) is 6.90. The maximum absolute atomic E-state index is 3.70. The number of nitrogens with one attached hydrogen (secondary N) is 2. The molecule has 2 unspecified atom stereocenters. The summed E-state index contributed by atoms with van der Waals surface area (Å²) in [5.41, 5.74) is 5.67. The Morgan fingerprint density at radius 2 is 2.18 bits per heavy atom. The highest BCUT2D eigenvalue weighted by Gasteiger charge is 2.32. The normalized spacial score (nSPS) is 24.9. The van der Waals surface area contributed by atoms with E-state index in [9.17, 15) is 0 Å². The van der Waals surface area contributed by atoms with E-state index in [2.05, 4.69) is 43.3 Å². The van der Waals surface area contributed by atoms with Crippen LogP contribution in [0.25, 0.3) is 6.08 Å². The zero-order valence-electron chi connectivity index (χ0n) is 11.0. The van der Waals surface area contributed by atoms with Gasteiger partial charge in [0.05, 0.1) is 11.4 Å². The Kier molecular flexibility index (Phi) is 2.53. The van der Waals surface area contributed by atoms with Crippen LogP contribution in [0.15, 0.2) is 11.8 Å². The number of fused-ring (bicyclic) bond motifs is 1. The lowest BCUT2D eigenvalue weighted by Gasteiger charge is -2.25. The molecule has 0 saturated heterocycles. The van der Waals surface area contributed by atoms with Crippen LogP contribution in [0.3, 0.4) is 0 Å². The lowest BCUT2D eigenvalue weighted by molar-refractivity contribution is 0.731. The number of H-pyrrole nitrogens is 1. The first-order chi connectivity index (χ1) is 8.20. The summed E-state index contributed by atoms with van der Waals surface area (Å²) in [6.07, 6.45) is 8.53. The average Bonchev–Trinajstić information content (AvgIpc) is 3.09. The van der Waals surface area contributed by atoms with Gasteiger partial charge in [-0.2, -0.15) is 0 Å². The molecule has 2 nitrogen and oxygen atoms in total. The Hall–Kier alpha value is -1.18. The van der Waals surface area contributed by atoms with Crippen molar-refractivity contribution in [3.05, 3.63) is 23.0 Å². The molecule has 2 heterocycles. The quantitative estimate of drug-likeness (QED) is 0.802. The third kappa shape index (κ3) is 1.80. The highest BCUT2D eigenvalue weighted by atomic mass is 15.0. The summed E-state index contributed by atoms with van der Waals surface area (Å²) < 4.78 is 0. The maximum Gasteiger partial charge on any atom is 0.0633 e. The molecular weight excluding hydrogens is 208 g/mol. The molecule has 0 aromatic carbocycles. The van der Waals surface area contributed by atoms with Crippen molar-refractivity contribution >= 4 is 11.8 Å². The molecule has 0 amide bonds. The highest BCUT2D eigenvalue weighted by molar-refractivity contribution is 5.75. The van der Waals surface area contributed by atoms with Crippen molar-refractivity contribution in [2.45, 2.75) is 52.0 Å². The molecule has 2 atom stereocenters. The van der Waals surface area contributed by atoms with E-state index in [0.29, 0.717) is 12.0 Å². The SMILES string of the molecule is CCC(C)c1c[nH]c2c1NC(C)C(C1CC1)=C2. The van der Waals surface area contributed by atoms with Crippen LogP contribution < -0.4 is 5.32 Å². The molecule has 0 bridgehead atoms. The summed E-state index contributed by atoms with van der Waals surface area (Å²) in [6, 6.07) is 0.508. The van der Waals surface area contributed by atoms with Crippen LogP contribution in [0.5, 0.6) is 0 Å². The van der Waals surface area contributed by atoms with E-state index in [0.717, 1.165) is 5.92 Å². The molecule has 3 rings (SSSR count). The van der Waals surface area contributed by atoms with Crippen LogP contribution in [0, 0.1) is 5.92 Å². The zero-order valence-corrected chi connectivity index (χ0v) is 11.0. The Morgan fingerprint density at radius 1 is 1.41 bits per heavy atom. The molecule has 1 fully saturated rings. The topological polar surface area (TPSA) is 27.8 Å². The van der Waals surface area contributed by atoms with Crippen molar-refractivity contribution in [2.24, 2.45) is 5.92 Å². The minimum atomic E-state index is 0.508. The Morgan fingerprint density at radius 3 is 2.82 bits per heavy atom. The standard InChI is InChI=1S/C15H22N2/c1-4-9(2)13-8-16-14-7-12(11-5-6-11)10(3)17-15(13)14/h7-11,16-17H,4-6H2,1-3H3. The van der Waals surface area contributed by atoms with Gasteiger partial charge in [-0.25, -0.2) is 0 Å². The molecule has 1 aromatic heterocycles. The Labute approximate surface area is 104 Å². The lowest BCUT2D eigenvalue weighted by atomic mass is 9.94. The first kappa shape index (κ1) is 10.9. The fourth-order valence-corrected chi connectivity index (χ4v) is 2.82. The molecule has 1 aromatic rings. The van der Waals surface area contributed by atoms with Crippen LogP contribution in [-0.2, 0) is 0 Å². The van der Waals surface area contributed by atoms with Crippen molar-refractivity contribution in [1.29, 1.82) is 0 Å². The van der Waals surface area contributed by atoms with Crippen molar-refractivity contribution in [2.75, 3.05) is 5.32 Å². The second-order valence-corrected chi connectivity index (χ2v) is 5.63. The second-order valence-electron chi connectivity index (χ2n) is 5.63. The van der Waals surface area contributed by atoms with Gasteiger partial charge >= 0.3 is 0 Å². The molecule has 2 aliphatic rings. The van der Waals surface area contributed by atoms with Gasteiger partial charge in [0.15, 0.2) is 0 Å². The van der Waals surface area contributed by atoms with E-state index in [1.165, 1.54) is 36.2 Å². The minimum Gasteiger partial charge on any atom is -0.377 e. The van der Waals surface area contributed by atoms with Gasteiger partial charge in [-0.3, -0.25) is 0 Å². The monoisotopic (exact) mass is 230 g/mol. The summed E-state index contributed by atoms with van der Waals surface area (Å²) in [5.74, 6) is 1.48. The lowest BCUT2D eigenvalue weighted by Crippen LogP contribution is -2.23. The molecule has 1 saturated carbocycles. The summed E-state index contributed by atoms with van der Waals surface area (Å²) in [6.45, 7) is 6.85. The summed E-state index contributed by atoms with van der Waals surface area (Å²) >= 11 is 0. The number of aromatic amines is 1. The van der Waals surface area contributed by atoms with E-state index >= 15 is 0 Å². The van der Waals surface area contributed by atoms with Gasteiger partial charge in [0, 0.05) is 12.2 Å². The van der Waals surface area contributed by atoms with E-state index < -0.39 is 0 Å². The van der Waals surface area contributed by atoms with Crippen molar-refractivity contribution in [3.8, 4) is 0 Å². The van der Waals surface area contributed by atoms with Crippen LogP contribution in [-0.4, -0.2) is 11.0 Å². The number of hydrogen-bond acceptors (Lipinski definition) is 1. The van der Waals surface area contributed by atoms with Gasteiger partial charge < -0.3 is 10.3 Å². The largest absolute Gasteiger partial charge is 0.377 e. The fourth-order valence-electron chi connectivity index (χ4n) is 2.82. The second kappa shape index (κ2) is 3.94. The van der Waals surface area contributed by atoms with Crippen LogP contribution in [0.2, 0.25) is 0 Å². The van der Waals surface area contributed by atoms with Crippen LogP contribution in [0.4, 0.5) is 5.69 Å². The van der Waals surface area contributed by atoms with E-state index in [1.54, 1.807) is 5.57 Å². The number of anilines is 1. The molecule has 2 N–H and O–H groups in total. The summed E-state index contributed by atoms with van der Waals surface area (Å²) in [7, 11) is 0. The molecule has 0 spiro atoms. The predicted octanol–water partition coefficient (Wildman–Crippen LogP) is 4.14. The van der Waals surface area contributed by atoms with E-state index in [4.69, 9.17) is 0 Å². The van der Waals surface area contributed by atoms with Gasteiger partial charge in [-0.05, 0) is 55.2 Å². The predicted molar refractivity (Wildman–Crippen MR) is 73.3 cm³/mol. The average molecular weight is 230 g/mol. The van der Waals surface area contributed by atoms with Gasteiger partial charge in [0.1, 0.15) is 0 Å². The first-order valence-corrected chi connectivity index (χ1v) is 6.90. The maximum atomic E-state index is 3.70. The molecule has 17 heavy (non-hydrogen) atoms. The molecular formula is C15H22N2. The van der Waals surface area contributed by atoms with Crippen molar-refractivity contribution in [3.63, 3.8) is 0 Å². The summed E-state index contributed by atoms with van der Waals surface area (Å²) in [4.78, 5) is 3.44. The number of hydrogen-bond donors (Lipinski definition) is 2. The molecule has 92 valence electrons. The molecule has 1 aliphatic carbocycles. The Balaban J connectivity index is 1.97. The smallest absolute Gasteiger partial charge is 0.0633 e. The third-order valence-corrected chi connectivity index (χ3v) is 4.31. The fraction of sp³-hybridized carbons (Fsp3) is 0.600. The number of rotatable bonds is 3. The van der Waals surface area contributed by atoms with Crippen LogP contribution >= 0.6 is 0 Å². The zero-order chi connectivity index (χ0) is 12.0. The third-order valence-electron chi connectivity index (χ3n) is 4.31. The van der Waals surface area contributed by atoms with E-state index in [1.807, 2.05) is 0 Å². The van der Waals surface area contributed by atoms with Crippen molar-refractivity contribution in [1.82, 2.24) is 4.98 Å². The van der Waals surface area contributed by atoms with Crippen molar-refractivity contribution < 1.29 is 0 Å². The number of aromatic nitrogens is 1. The molecule has 2 heteroatoms. The highest BCUT2D eigenvalue weighted by Crippen LogP contribution is 2.43. The van der Waals surface area contributed by atoms with Gasteiger partial charge in [0.2, 0.25) is 0 Å². The van der Waals surface area contributed by atoms with Gasteiger partial charge in [-0.15, -0.1) is 0 Å². The van der Waals surface area contributed by atoms with Gasteiger partial charge in [-0.1, -0.05) is 13.8 Å². The molecule has 1 aliphatic heterocycles. The van der Waals surface area contributed by atoms with Crippen LogP contribution in [0.1, 0.15) is 57.2 Å². The minimum absolute atomic E-state index is 0.508. The van der Waals surface area contributed by atoms with E-state index in [-0.39, 0.29) is 0 Å².